The third kappa shape index (κ3) is 5.29. The minimum atomic E-state index is 0.637. The van der Waals surface area contributed by atoms with Gasteiger partial charge in [-0.05, 0) is 42.9 Å². The van der Waals surface area contributed by atoms with E-state index in [1.807, 2.05) is 6.20 Å². The molecule has 0 amide bonds. The Kier molecular flexibility index (Phi) is 6.46. The molecule has 1 N–H and O–H groups in total. The minimum Gasteiger partial charge on any atom is -0.384 e. The van der Waals surface area contributed by atoms with Gasteiger partial charge < -0.3 is 15.0 Å². The van der Waals surface area contributed by atoms with Crippen LogP contribution in [0.4, 0.5) is 5.82 Å². The highest BCUT2D eigenvalue weighted by atomic mass is 16.5. The first-order valence-corrected chi connectivity index (χ1v) is 8.08. The Labute approximate surface area is 128 Å². The SMILES string of the molecule is COCC1CCCN(c2ccc(CNCC(C)C)cn2)C1. The first kappa shape index (κ1) is 16.2. The summed E-state index contributed by atoms with van der Waals surface area (Å²) in [5, 5.41) is 3.45. The van der Waals surface area contributed by atoms with E-state index >= 15 is 0 Å². The Hall–Kier alpha value is -1.13. The molecule has 1 unspecified atom stereocenters. The van der Waals surface area contributed by atoms with Crippen molar-refractivity contribution in [3.8, 4) is 0 Å². The molecular formula is C17H29N3O. The fourth-order valence-electron chi connectivity index (χ4n) is 2.86. The summed E-state index contributed by atoms with van der Waals surface area (Å²) < 4.78 is 5.29. The number of nitrogens with zero attached hydrogens (tertiary/aromatic N) is 2. The quantitative estimate of drug-likeness (QED) is 0.838. The maximum Gasteiger partial charge on any atom is 0.128 e. The van der Waals surface area contributed by atoms with Crippen molar-refractivity contribution in [3.05, 3.63) is 23.9 Å². The molecule has 4 nitrogen and oxygen atoms in total. The van der Waals surface area contributed by atoms with E-state index in [-0.39, 0.29) is 0 Å². The molecule has 118 valence electrons. The van der Waals surface area contributed by atoms with Crippen LogP contribution in [0, 0.1) is 11.8 Å². The van der Waals surface area contributed by atoms with E-state index in [1.54, 1.807) is 7.11 Å². The van der Waals surface area contributed by atoms with Crippen molar-refractivity contribution in [1.82, 2.24) is 10.3 Å². The van der Waals surface area contributed by atoms with Crippen molar-refractivity contribution < 1.29 is 4.74 Å². The van der Waals surface area contributed by atoms with Crippen LogP contribution in [0.15, 0.2) is 18.3 Å². The van der Waals surface area contributed by atoms with Gasteiger partial charge in [0.25, 0.3) is 0 Å². The lowest BCUT2D eigenvalue weighted by Gasteiger charge is -2.33. The molecule has 0 radical (unpaired) electrons. The molecule has 4 heteroatoms. The molecule has 1 aromatic heterocycles. The third-order valence-corrected chi connectivity index (χ3v) is 3.94. The highest BCUT2D eigenvalue weighted by Gasteiger charge is 2.20. The van der Waals surface area contributed by atoms with Gasteiger partial charge in [-0.3, -0.25) is 0 Å². The van der Waals surface area contributed by atoms with Gasteiger partial charge in [-0.15, -0.1) is 0 Å². The van der Waals surface area contributed by atoms with Crippen LogP contribution in [0.1, 0.15) is 32.3 Å². The number of ether oxygens (including phenoxy) is 1. The fraction of sp³-hybridized carbons (Fsp3) is 0.706. The Bertz CT molecular complexity index is 403. The van der Waals surface area contributed by atoms with Crippen molar-refractivity contribution in [2.75, 3.05) is 38.3 Å². The predicted molar refractivity (Wildman–Crippen MR) is 87.6 cm³/mol. The summed E-state index contributed by atoms with van der Waals surface area (Å²) in [6, 6.07) is 4.34. The molecule has 1 aliphatic rings. The number of methoxy groups -OCH3 is 1. The average Bonchev–Trinajstić information content (AvgIpc) is 2.48. The summed E-state index contributed by atoms with van der Waals surface area (Å²) in [4.78, 5) is 7.03. The zero-order valence-electron chi connectivity index (χ0n) is 13.6. The maximum atomic E-state index is 5.29. The second-order valence-electron chi connectivity index (χ2n) is 6.46. The van der Waals surface area contributed by atoms with E-state index in [0.29, 0.717) is 11.8 Å². The molecule has 21 heavy (non-hydrogen) atoms. The Morgan fingerprint density at radius 3 is 2.95 bits per heavy atom. The number of aromatic nitrogens is 1. The molecule has 1 fully saturated rings. The van der Waals surface area contributed by atoms with E-state index in [4.69, 9.17) is 4.74 Å². The molecule has 1 saturated heterocycles. The predicted octanol–water partition coefficient (Wildman–Crippen LogP) is 2.69. The summed E-state index contributed by atoms with van der Waals surface area (Å²) in [5.41, 5.74) is 1.25. The highest BCUT2D eigenvalue weighted by Crippen LogP contribution is 2.21. The number of pyridine rings is 1. The van der Waals surface area contributed by atoms with Gasteiger partial charge in [0.15, 0.2) is 0 Å². The van der Waals surface area contributed by atoms with Gasteiger partial charge in [-0.1, -0.05) is 19.9 Å². The van der Waals surface area contributed by atoms with E-state index in [0.717, 1.165) is 38.6 Å². The first-order chi connectivity index (χ1) is 10.2. The molecule has 0 aromatic carbocycles. The molecule has 0 bridgehead atoms. The average molecular weight is 291 g/mol. The van der Waals surface area contributed by atoms with Crippen LogP contribution in [0.2, 0.25) is 0 Å². The molecule has 2 heterocycles. The third-order valence-electron chi connectivity index (χ3n) is 3.94. The lowest BCUT2D eigenvalue weighted by atomic mass is 9.99. The summed E-state index contributed by atoms with van der Waals surface area (Å²) in [6.45, 7) is 9.42. The van der Waals surface area contributed by atoms with Crippen LogP contribution in [-0.4, -0.2) is 38.3 Å². The highest BCUT2D eigenvalue weighted by molar-refractivity contribution is 5.39. The zero-order chi connectivity index (χ0) is 15.1. The van der Waals surface area contributed by atoms with Gasteiger partial charge in [0.05, 0.1) is 6.61 Å². The largest absolute Gasteiger partial charge is 0.384 e. The smallest absolute Gasteiger partial charge is 0.128 e. The Morgan fingerprint density at radius 1 is 1.43 bits per heavy atom. The van der Waals surface area contributed by atoms with Crippen LogP contribution in [0.25, 0.3) is 0 Å². The van der Waals surface area contributed by atoms with Crippen molar-refractivity contribution in [2.24, 2.45) is 11.8 Å². The van der Waals surface area contributed by atoms with Crippen molar-refractivity contribution in [2.45, 2.75) is 33.2 Å². The molecule has 0 saturated carbocycles. The van der Waals surface area contributed by atoms with Gasteiger partial charge in [-0.2, -0.15) is 0 Å². The summed E-state index contributed by atoms with van der Waals surface area (Å²) in [6.07, 6.45) is 4.50. The van der Waals surface area contributed by atoms with Crippen molar-refractivity contribution in [3.63, 3.8) is 0 Å². The van der Waals surface area contributed by atoms with Gasteiger partial charge in [0.2, 0.25) is 0 Å². The van der Waals surface area contributed by atoms with Crippen LogP contribution < -0.4 is 10.2 Å². The molecule has 2 rings (SSSR count). The molecule has 1 atom stereocenters. The number of piperidine rings is 1. The van der Waals surface area contributed by atoms with E-state index in [2.05, 4.69) is 41.2 Å². The summed E-state index contributed by atoms with van der Waals surface area (Å²) >= 11 is 0. The number of anilines is 1. The fourth-order valence-corrected chi connectivity index (χ4v) is 2.86. The van der Waals surface area contributed by atoms with Crippen molar-refractivity contribution >= 4 is 5.82 Å². The van der Waals surface area contributed by atoms with E-state index < -0.39 is 0 Å². The number of hydrogen-bond acceptors (Lipinski definition) is 4. The Morgan fingerprint density at radius 2 is 2.29 bits per heavy atom. The second kappa shape index (κ2) is 8.35. The topological polar surface area (TPSA) is 37.4 Å². The second-order valence-corrected chi connectivity index (χ2v) is 6.46. The molecule has 0 spiro atoms. The molecule has 1 aliphatic heterocycles. The van der Waals surface area contributed by atoms with E-state index in [1.165, 1.54) is 18.4 Å². The van der Waals surface area contributed by atoms with Crippen LogP contribution in [0.5, 0.6) is 0 Å². The van der Waals surface area contributed by atoms with Gasteiger partial charge >= 0.3 is 0 Å². The van der Waals surface area contributed by atoms with E-state index in [9.17, 15) is 0 Å². The molecule has 1 aromatic rings. The summed E-state index contributed by atoms with van der Waals surface area (Å²) in [7, 11) is 1.79. The number of rotatable bonds is 7. The van der Waals surface area contributed by atoms with Gasteiger partial charge in [0, 0.05) is 32.9 Å². The first-order valence-electron chi connectivity index (χ1n) is 8.08. The van der Waals surface area contributed by atoms with Crippen LogP contribution >= 0.6 is 0 Å². The van der Waals surface area contributed by atoms with Gasteiger partial charge in [0.1, 0.15) is 5.82 Å². The van der Waals surface area contributed by atoms with Crippen LogP contribution in [-0.2, 0) is 11.3 Å². The molecule has 0 aliphatic carbocycles. The zero-order valence-corrected chi connectivity index (χ0v) is 13.6. The Balaban J connectivity index is 1.86. The van der Waals surface area contributed by atoms with Gasteiger partial charge in [-0.25, -0.2) is 4.98 Å². The lowest BCUT2D eigenvalue weighted by molar-refractivity contribution is 0.143. The normalized spacial score (nSPS) is 19.2. The van der Waals surface area contributed by atoms with Crippen LogP contribution in [0.3, 0.4) is 0 Å². The standard InChI is InChI=1S/C17H29N3O/c1-14(2)9-18-10-15-6-7-17(19-11-15)20-8-4-5-16(12-20)13-21-3/h6-7,11,14,16,18H,4-5,8-10,12-13H2,1-3H3. The monoisotopic (exact) mass is 291 g/mol. The molecular weight excluding hydrogens is 262 g/mol. The summed E-state index contributed by atoms with van der Waals surface area (Å²) in [5.74, 6) is 2.42. The maximum absolute atomic E-state index is 5.29. The number of nitrogens with one attached hydrogen (secondary N) is 1. The lowest BCUT2D eigenvalue weighted by Crippen LogP contribution is -2.37. The number of hydrogen-bond donors (Lipinski definition) is 1. The minimum absolute atomic E-state index is 0.637. The van der Waals surface area contributed by atoms with Crippen molar-refractivity contribution in [1.29, 1.82) is 0 Å².